The minimum atomic E-state index is 0.496. The van der Waals surface area contributed by atoms with E-state index in [-0.39, 0.29) is 0 Å². The van der Waals surface area contributed by atoms with E-state index >= 15 is 0 Å². The highest BCUT2D eigenvalue weighted by atomic mass is 16.3. The summed E-state index contributed by atoms with van der Waals surface area (Å²) in [5, 5.41) is 15.6. The number of para-hydroxylation sites is 5. The molecule has 0 spiro atoms. The molecule has 7 heteroatoms. The number of furan rings is 2. The van der Waals surface area contributed by atoms with Crippen LogP contribution in [-0.2, 0) is 0 Å². The van der Waals surface area contributed by atoms with Crippen LogP contribution in [0.2, 0.25) is 0 Å². The molecule has 0 N–H and O–H groups in total. The van der Waals surface area contributed by atoms with Crippen molar-refractivity contribution in [2.75, 3.05) is 0 Å². The summed E-state index contributed by atoms with van der Waals surface area (Å²) in [6, 6.07) is 83.8. The third-order valence-electron chi connectivity index (χ3n) is 15.7. The largest absolute Gasteiger partial charge is 0.455 e. The van der Waals surface area contributed by atoms with Crippen LogP contribution in [-0.4, -0.2) is 24.1 Å². The Bertz CT molecular complexity index is 5310. The molecule has 0 fully saturated rings. The third-order valence-corrected chi connectivity index (χ3v) is 15.7. The Morgan fingerprint density at radius 1 is 0.303 bits per heavy atom. The van der Waals surface area contributed by atoms with E-state index in [9.17, 15) is 0 Å². The topological polar surface area (TPSA) is 74.8 Å². The fraction of sp³-hybridized carbons (Fsp3) is 0. The van der Waals surface area contributed by atoms with Crippen LogP contribution in [0.15, 0.2) is 245 Å². The molecule has 76 heavy (non-hydrogen) atoms. The highest BCUT2D eigenvalue weighted by Crippen LogP contribution is 2.46. The summed E-state index contributed by atoms with van der Waals surface area (Å²) >= 11 is 0. The van der Waals surface area contributed by atoms with Crippen molar-refractivity contribution in [1.29, 1.82) is 0 Å². The predicted octanol–water partition coefficient (Wildman–Crippen LogP) is 18.3. The molecule has 5 heterocycles. The van der Waals surface area contributed by atoms with Gasteiger partial charge in [-0.2, -0.15) is 0 Å². The zero-order chi connectivity index (χ0) is 49.6. The van der Waals surface area contributed by atoms with Gasteiger partial charge in [0.1, 0.15) is 22.3 Å². The van der Waals surface area contributed by atoms with Crippen molar-refractivity contribution < 1.29 is 8.83 Å². The molecule has 0 atom stereocenters. The molecule has 12 aromatic carbocycles. The summed E-state index contributed by atoms with van der Waals surface area (Å²) in [4.78, 5) is 16.6. The molecular weight excluding hydrogens is 931 g/mol. The van der Waals surface area contributed by atoms with Gasteiger partial charge in [-0.15, -0.1) is 0 Å². The molecule has 0 aliphatic rings. The summed E-state index contributed by atoms with van der Waals surface area (Å²) in [5.74, 6) is 1.53. The van der Waals surface area contributed by atoms with Gasteiger partial charge >= 0.3 is 0 Å². The lowest BCUT2D eigenvalue weighted by atomic mass is 10.0. The second kappa shape index (κ2) is 15.6. The average molecular weight is 970 g/mol. The minimum absolute atomic E-state index is 0.496. The summed E-state index contributed by atoms with van der Waals surface area (Å²) in [6.07, 6.45) is 0. The molecule has 0 saturated heterocycles. The van der Waals surface area contributed by atoms with E-state index in [1.54, 1.807) is 0 Å². The van der Waals surface area contributed by atoms with E-state index in [1.807, 2.05) is 18.2 Å². The van der Waals surface area contributed by atoms with Gasteiger partial charge in [0.25, 0.3) is 0 Å². The Balaban J connectivity index is 1.02. The van der Waals surface area contributed by atoms with Crippen LogP contribution in [0.4, 0.5) is 0 Å². The molecule has 0 radical (unpaired) electrons. The van der Waals surface area contributed by atoms with Crippen LogP contribution in [0.5, 0.6) is 0 Å². The fourth-order valence-corrected chi connectivity index (χ4v) is 12.4. The zero-order valence-electron chi connectivity index (χ0n) is 40.6. The smallest absolute Gasteiger partial charge is 0.167 e. The quantitative estimate of drug-likeness (QED) is 0.172. The fourth-order valence-electron chi connectivity index (χ4n) is 12.4. The van der Waals surface area contributed by atoms with Gasteiger partial charge in [0.05, 0.1) is 38.7 Å². The molecule has 0 amide bonds. The second-order valence-electron chi connectivity index (χ2n) is 19.8. The Morgan fingerprint density at radius 3 is 1.76 bits per heavy atom. The molecular formula is C69H39N5O2. The lowest BCUT2D eigenvalue weighted by Gasteiger charge is -2.14. The van der Waals surface area contributed by atoms with E-state index < -0.39 is 0 Å². The van der Waals surface area contributed by atoms with Crippen LogP contribution in [0, 0.1) is 0 Å². The first-order valence-corrected chi connectivity index (χ1v) is 25.7. The maximum atomic E-state index is 7.21. The molecule has 7 nitrogen and oxygen atoms in total. The normalized spacial score (nSPS) is 12.2. The third kappa shape index (κ3) is 5.85. The van der Waals surface area contributed by atoms with Gasteiger partial charge in [-0.25, -0.2) is 15.0 Å². The number of rotatable bonds is 5. The average Bonchev–Trinajstić information content (AvgIpc) is 4.29. The van der Waals surface area contributed by atoms with Crippen molar-refractivity contribution in [1.82, 2.24) is 24.1 Å². The van der Waals surface area contributed by atoms with Crippen molar-refractivity contribution in [3.05, 3.63) is 237 Å². The van der Waals surface area contributed by atoms with E-state index in [4.69, 9.17) is 23.8 Å². The highest BCUT2D eigenvalue weighted by molar-refractivity contribution is 6.25. The number of hydrogen-bond acceptors (Lipinski definition) is 5. The van der Waals surface area contributed by atoms with Gasteiger partial charge in [0.2, 0.25) is 0 Å². The van der Waals surface area contributed by atoms with E-state index in [0.717, 1.165) is 115 Å². The van der Waals surface area contributed by atoms with E-state index in [0.29, 0.717) is 23.1 Å². The number of fused-ring (bicyclic) bond motifs is 17. The van der Waals surface area contributed by atoms with Crippen LogP contribution in [0.3, 0.4) is 0 Å². The van der Waals surface area contributed by atoms with Crippen LogP contribution >= 0.6 is 0 Å². The Hall–Kier alpha value is -10.4. The molecule has 0 saturated carbocycles. The van der Waals surface area contributed by atoms with Gasteiger partial charge in [-0.1, -0.05) is 164 Å². The maximum Gasteiger partial charge on any atom is 0.167 e. The molecule has 0 bridgehead atoms. The maximum absolute atomic E-state index is 7.21. The van der Waals surface area contributed by atoms with Crippen LogP contribution < -0.4 is 0 Å². The van der Waals surface area contributed by atoms with Crippen molar-refractivity contribution >= 4 is 120 Å². The summed E-state index contributed by atoms with van der Waals surface area (Å²) in [6.45, 7) is 0. The van der Waals surface area contributed by atoms with Gasteiger partial charge in [-0.3, -0.25) is 0 Å². The lowest BCUT2D eigenvalue weighted by Crippen LogP contribution is -2.03. The van der Waals surface area contributed by atoms with Gasteiger partial charge in [-0.05, 0) is 99.7 Å². The first-order valence-electron chi connectivity index (χ1n) is 25.7. The number of aromatic nitrogens is 5. The Labute approximate surface area is 432 Å². The Morgan fingerprint density at radius 2 is 0.921 bits per heavy atom. The van der Waals surface area contributed by atoms with Crippen molar-refractivity contribution in [3.8, 4) is 45.5 Å². The second-order valence-corrected chi connectivity index (χ2v) is 19.8. The van der Waals surface area contributed by atoms with Crippen molar-refractivity contribution in [2.24, 2.45) is 0 Å². The molecule has 0 aliphatic heterocycles. The monoisotopic (exact) mass is 969 g/mol. The van der Waals surface area contributed by atoms with Crippen molar-refractivity contribution in [2.45, 2.75) is 0 Å². The molecule has 352 valence electrons. The SMILES string of the molecule is c1ccc(-n2c3ccccc3c3cccc(-c4nc(-c5cc(-n6c7cc8ccccc8cc7c7c8ccccc8ccc76)c6c(c5)oc5c7ccccc7ccc56)nc(-c5cccc6c5oc5ccccc56)n4)c32)cc1. The van der Waals surface area contributed by atoms with E-state index in [1.165, 1.54) is 26.9 Å². The zero-order valence-corrected chi connectivity index (χ0v) is 40.6. The summed E-state index contributed by atoms with van der Waals surface area (Å²) in [5.41, 5.74) is 11.8. The minimum Gasteiger partial charge on any atom is -0.455 e. The standard InChI is InChI=1S/C69H39N5O2/c1-2-20-45(21-3-1)73-56-30-12-10-24-48(56)50-26-14-28-53(64(50)73)68-70-67(71-69(72-68)54-29-15-27-51-49-25-11-13-31-60(49)75-66(51)54)44-38-59(63-52-34-32-41-17-7-9-23-47(41)65(52)76-61(63)39-44)74-57-35-33-40-16-6-8-22-46(40)62(57)55-36-42-18-4-5-19-43(42)37-58(55)74/h1-39H. The van der Waals surface area contributed by atoms with Gasteiger partial charge in [0.15, 0.2) is 17.5 Å². The van der Waals surface area contributed by atoms with Crippen LogP contribution in [0.25, 0.3) is 165 Å². The molecule has 0 unspecified atom stereocenters. The van der Waals surface area contributed by atoms with Crippen LogP contribution in [0.1, 0.15) is 0 Å². The van der Waals surface area contributed by atoms with E-state index in [2.05, 4.69) is 228 Å². The van der Waals surface area contributed by atoms with Gasteiger partial charge in [0, 0.05) is 59.9 Å². The molecule has 17 rings (SSSR count). The summed E-state index contributed by atoms with van der Waals surface area (Å²) < 4.78 is 18.7. The number of hydrogen-bond donors (Lipinski definition) is 0. The molecule has 17 aromatic rings. The van der Waals surface area contributed by atoms with Gasteiger partial charge < -0.3 is 18.0 Å². The first kappa shape index (κ1) is 41.1. The van der Waals surface area contributed by atoms with Crippen molar-refractivity contribution in [3.63, 3.8) is 0 Å². The summed E-state index contributed by atoms with van der Waals surface area (Å²) in [7, 11) is 0. The Kier molecular flexibility index (Phi) is 8.43. The molecule has 5 aromatic heterocycles. The first-order chi connectivity index (χ1) is 37.7. The number of benzene rings is 12. The predicted molar refractivity (Wildman–Crippen MR) is 312 cm³/mol. The molecule has 0 aliphatic carbocycles. The number of nitrogens with zero attached hydrogens (tertiary/aromatic N) is 5. The highest BCUT2D eigenvalue weighted by Gasteiger charge is 2.26. The lowest BCUT2D eigenvalue weighted by molar-refractivity contribution is 0.669.